The molecular formula is C9H5Cl2N3O5S2. The van der Waals surface area contributed by atoms with E-state index in [0.717, 1.165) is 17.5 Å². The fourth-order valence-corrected chi connectivity index (χ4v) is 3.61. The topological polar surface area (TPSA) is 121 Å². The Morgan fingerprint density at radius 1 is 1.33 bits per heavy atom. The molecule has 112 valence electrons. The second-order valence-electron chi connectivity index (χ2n) is 3.33. The molecule has 0 saturated heterocycles. The maximum absolute atomic E-state index is 12.0. The Bertz CT molecular complexity index is 792. The molecule has 0 aliphatic heterocycles. The molecule has 0 unspecified atom stereocenters. The van der Waals surface area contributed by atoms with Gasteiger partial charge in [0, 0.05) is 0 Å². The van der Waals surface area contributed by atoms with Crippen molar-refractivity contribution in [3.05, 3.63) is 27.9 Å². The van der Waals surface area contributed by atoms with Gasteiger partial charge in [-0.3, -0.25) is 0 Å². The average Bonchev–Trinajstić information content (AvgIpc) is 2.79. The molecule has 8 nitrogen and oxygen atoms in total. The van der Waals surface area contributed by atoms with Crippen LogP contribution in [0.15, 0.2) is 22.5 Å². The summed E-state index contributed by atoms with van der Waals surface area (Å²) in [4.78, 5) is 17.8. The molecule has 2 N–H and O–H groups in total. The molecule has 0 aliphatic carbocycles. The van der Waals surface area contributed by atoms with Gasteiger partial charge in [-0.1, -0.05) is 11.6 Å². The first-order valence-corrected chi connectivity index (χ1v) is 7.95. The maximum Gasteiger partial charge on any atom is 0.410 e. The summed E-state index contributed by atoms with van der Waals surface area (Å²) in [7, 11) is -4.21. The van der Waals surface area contributed by atoms with Gasteiger partial charge in [-0.2, -0.15) is 13.4 Å². The third kappa shape index (κ3) is 3.94. The molecule has 0 atom stereocenters. The first kappa shape index (κ1) is 15.8. The molecule has 0 aliphatic rings. The molecule has 0 bridgehead atoms. The highest BCUT2D eigenvalue weighted by Gasteiger charge is 2.23. The van der Waals surface area contributed by atoms with Crippen molar-refractivity contribution in [2.75, 3.05) is 0 Å². The zero-order valence-electron chi connectivity index (χ0n) is 9.82. The molecule has 1 amide bonds. The van der Waals surface area contributed by atoms with Crippen molar-refractivity contribution in [1.29, 1.82) is 0 Å². The number of ether oxygens (including phenoxy) is 1. The Kier molecular flexibility index (Phi) is 4.52. The summed E-state index contributed by atoms with van der Waals surface area (Å²) in [5.41, 5.74) is 4.84. The van der Waals surface area contributed by atoms with E-state index in [1.165, 1.54) is 12.1 Å². The molecular weight excluding hydrogens is 365 g/mol. The Morgan fingerprint density at radius 3 is 2.62 bits per heavy atom. The van der Waals surface area contributed by atoms with Crippen LogP contribution in [-0.4, -0.2) is 24.5 Å². The number of carbonyl (C=O) groups excluding carboxylic acids is 1. The van der Waals surface area contributed by atoms with Gasteiger partial charge < -0.3 is 14.7 Å². The van der Waals surface area contributed by atoms with Crippen molar-refractivity contribution < 1.29 is 22.1 Å². The molecule has 12 heteroatoms. The maximum atomic E-state index is 12.0. The standard InChI is InChI=1S/C9H5Cl2N3O5S2/c10-5-1-2-6(20-5)21(16,17)19-7-4(18-9(12)15)3-13-8(11)14-7/h1-3H,(H2,12,15). The number of nitrogens with zero attached hydrogens (tertiary/aromatic N) is 2. The van der Waals surface area contributed by atoms with Crippen LogP contribution < -0.4 is 14.7 Å². The summed E-state index contributed by atoms with van der Waals surface area (Å²) in [5.74, 6) is -0.962. The van der Waals surface area contributed by atoms with Crippen LogP contribution in [0.4, 0.5) is 4.79 Å². The third-order valence-electron chi connectivity index (χ3n) is 1.89. The summed E-state index contributed by atoms with van der Waals surface area (Å²) in [6.45, 7) is 0. The van der Waals surface area contributed by atoms with Crippen LogP contribution >= 0.6 is 34.5 Å². The van der Waals surface area contributed by atoms with Crippen LogP contribution in [0.3, 0.4) is 0 Å². The number of aromatic nitrogens is 2. The Morgan fingerprint density at radius 2 is 2.05 bits per heavy atom. The average molecular weight is 370 g/mol. The Labute approximate surface area is 132 Å². The number of thiophene rings is 1. The van der Waals surface area contributed by atoms with Crippen molar-refractivity contribution in [1.82, 2.24) is 9.97 Å². The monoisotopic (exact) mass is 369 g/mol. The van der Waals surface area contributed by atoms with Gasteiger partial charge in [-0.15, -0.1) is 11.3 Å². The highest BCUT2D eigenvalue weighted by atomic mass is 35.5. The fourth-order valence-electron chi connectivity index (χ4n) is 1.15. The molecule has 2 aromatic heterocycles. The second-order valence-corrected chi connectivity index (χ2v) is 7.15. The van der Waals surface area contributed by atoms with E-state index in [4.69, 9.17) is 33.1 Å². The van der Waals surface area contributed by atoms with Crippen LogP contribution in [0.1, 0.15) is 0 Å². The van der Waals surface area contributed by atoms with Gasteiger partial charge >= 0.3 is 16.2 Å². The number of rotatable bonds is 4. The van der Waals surface area contributed by atoms with E-state index in [1.807, 2.05) is 0 Å². The number of hydrogen-bond donors (Lipinski definition) is 1. The molecule has 0 radical (unpaired) electrons. The van der Waals surface area contributed by atoms with Crippen LogP contribution in [0.5, 0.6) is 11.6 Å². The van der Waals surface area contributed by atoms with Crippen molar-refractivity contribution in [2.24, 2.45) is 5.73 Å². The fraction of sp³-hybridized carbons (Fsp3) is 0. The predicted octanol–water partition coefficient (Wildman–Crippen LogP) is 2.07. The third-order valence-corrected chi connectivity index (χ3v) is 4.96. The molecule has 0 aromatic carbocycles. The van der Waals surface area contributed by atoms with Crippen molar-refractivity contribution in [3.8, 4) is 11.6 Å². The van der Waals surface area contributed by atoms with Crippen LogP contribution in [0.2, 0.25) is 9.62 Å². The van der Waals surface area contributed by atoms with E-state index >= 15 is 0 Å². The normalized spacial score (nSPS) is 11.1. The summed E-state index contributed by atoms with van der Waals surface area (Å²) in [6.07, 6.45) is -0.242. The number of hydrogen-bond acceptors (Lipinski definition) is 8. The van der Waals surface area contributed by atoms with Crippen LogP contribution in [0.25, 0.3) is 0 Å². The Balaban J connectivity index is 2.38. The lowest BCUT2D eigenvalue weighted by Crippen LogP contribution is -2.18. The molecule has 2 heterocycles. The van der Waals surface area contributed by atoms with Gasteiger partial charge in [0.25, 0.3) is 5.88 Å². The summed E-state index contributed by atoms with van der Waals surface area (Å²) < 4.78 is 33.4. The van der Waals surface area contributed by atoms with Crippen LogP contribution in [-0.2, 0) is 10.1 Å². The quantitative estimate of drug-likeness (QED) is 0.646. The van der Waals surface area contributed by atoms with Crippen molar-refractivity contribution >= 4 is 50.8 Å². The van der Waals surface area contributed by atoms with E-state index in [-0.39, 0.29) is 13.8 Å². The lowest BCUT2D eigenvalue weighted by Gasteiger charge is -2.08. The highest BCUT2D eigenvalue weighted by Crippen LogP contribution is 2.31. The number of halogens is 2. The van der Waals surface area contributed by atoms with Gasteiger partial charge in [0.15, 0.2) is 4.21 Å². The van der Waals surface area contributed by atoms with Gasteiger partial charge in [0.05, 0.1) is 10.5 Å². The number of nitrogens with two attached hydrogens (primary N) is 1. The summed E-state index contributed by atoms with van der Waals surface area (Å²) in [6, 6.07) is 2.63. The zero-order chi connectivity index (χ0) is 15.6. The highest BCUT2D eigenvalue weighted by molar-refractivity contribution is 7.89. The molecule has 0 saturated carbocycles. The summed E-state index contributed by atoms with van der Waals surface area (Å²) >= 11 is 12.0. The number of primary amides is 1. The molecule has 2 rings (SSSR count). The molecule has 2 aromatic rings. The zero-order valence-corrected chi connectivity index (χ0v) is 13.0. The van der Waals surface area contributed by atoms with Crippen molar-refractivity contribution in [3.63, 3.8) is 0 Å². The molecule has 0 spiro atoms. The first-order valence-electron chi connectivity index (χ1n) is 4.97. The molecule has 21 heavy (non-hydrogen) atoms. The predicted molar refractivity (Wildman–Crippen MR) is 74.4 cm³/mol. The van der Waals surface area contributed by atoms with Gasteiger partial charge in [0.2, 0.25) is 11.0 Å². The van der Waals surface area contributed by atoms with Gasteiger partial charge in [-0.25, -0.2) is 9.78 Å². The minimum atomic E-state index is -4.21. The Hall–Kier alpha value is -1.62. The minimum absolute atomic E-state index is 0.160. The first-order chi connectivity index (χ1) is 9.78. The van der Waals surface area contributed by atoms with Crippen LogP contribution in [0, 0.1) is 0 Å². The van der Waals surface area contributed by atoms with Gasteiger partial charge in [-0.05, 0) is 23.7 Å². The second kappa shape index (κ2) is 6.02. The van der Waals surface area contributed by atoms with E-state index in [1.54, 1.807) is 0 Å². The summed E-state index contributed by atoms with van der Waals surface area (Å²) in [5, 5.41) is -0.304. The van der Waals surface area contributed by atoms with E-state index < -0.39 is 27.8 Å². The largest absolute Gasteiger partial charge is 0.410 e. The van der Waals surface area contributed by atoms with E-state index in [9.17, 15) is 13.2 Å². The van der Waals surface area contributed by atoms with Gasteiger partial charge in [0.1, 0.15) is 0 Å². The lowest BCUT2D eigenvalue weighted by atomic mass is 10.6. The van der Waals surface area contributed by atoms with Crippen molar-refractivity contribution in [2.45, 2.75) is 4.21 Å². The number of carbonyl (C=O) groups is 1. The number of amides is 1. The van der Waals surface area contributed by atoms with E-state index in [2.05, 4.69) is 14.7 Å². The molecule has 0 fully saturated rings. The smallest absolute Gasteiger partial charge is 0.403 e. The van der Waals surface area contributed by atoms with E-state index in [0.29, 0.717) is 0 Å². The minimum Gasteiger partial charge on any atom is -0.403 e. The lowest BCUT2D eigenvalue weighted by molar-refractivity contribution is 0.209. The SMILES string of the molecule is NC(=O)Oc1cnc(Cl)nc1OS(=O)(=O)c1ccc(Cl)s1.